The molecule has 0 saturated carbocycles. The number of aryl methyl sites for hydroxylation is 1. The maximum Gasteiger partial charge on any atom is 0.247 e. The second kappa shape index (κ2) is 8.61. The number of hydrogen-bond acceptors (Lipinski definition) is 4. The van der Waals surface area contributed by atoms with Crippen LogP contribution in [0.1, 0.15) is 23.1 Å². The largest absolute Gasteiger partial charge is 0.497 e. The number of ether oxygens (including phenoxy) is 1. The lowest BCUT2D eigenvalue weighted by atomic mass is 10.1. The summed E-state index contributed by atoms with van der Waals surface area (Å²) in [6.07, 6.45) is 3.74. The highest BCUT2D eigenvalue weighted by molar-refractivity contribution is 7.91. The molecule has 5 nitrogen and oxygen atoms in total. The Morgan fingerprint density at radius 2 is 1.82 bits per heavy atom. The van der Waals surface area contributed by atoms with Gasteiger partial charge in [0.15, 0.2) is 9.84 Å². The van der Waals surface area contributed by atoms with Crippen LogP contribution in [0, 0.1) is 6.92 Å². The lowest BCUT2D eigenvalue weighted by Crippen LogP contribution is -2.39. The summed E-state index contributed by atoms with van der Waals surface area (Å²) in [4.78, 5) is 14.6. The van der Waals surface area contributed by atoms with Gasteiger partial charge >= 0.3 is 0 Å². The molecule has 1 aliphatic heterocycles. The molecule has 148 valence electrons. The minimum Gasteiger partial charge on any atom is -0.497 e. The number of nitrogens with zero attached hydrogens (tertiary/aromatic N) is 1. The molecule has 6 heteroatoms. The van der Waals surface area contributed by atoms with Crippen LogP contribution in [0.3, 0.4) is 0 Å². The lowest BCUT2D eigenvalue weighted by Gasteiger charge is -2.27. The maximum absolute atomic E-state index is 12.9. The van der Waals surface area contributed by atoms with Crippen molar-refractivity contribution in [1.29, 1.82) is 0 Å². The van der Waals surface area contributed by atoms with Gasteiger partial charge in [-0.2, -0.15) is 0 Å². The van der Waals surface area contributed by atoms with Gasteiger partial charge in [-0.15, -0.1) is 0 Å². The Labute approximate surface area is 166 Å². The fraction of sp³-hybridized carbons (Fsp3) is 0.318. The van der Waals surface area contributed by atoms with Crippen LogP contribution in [0.25, 0.3) is 6.08 Å². The predicted octanol–water partition coefficient (Wildman–Crippen LogP) is 3.23. The van der Waals surface area contributed by atoms with Crippen molar-refractivity contribution in [3.05, 3.63) is 71.3 Å². The Kier molecular flexibility index (Phi) is 6.19. The monoisotopic (exact) mass is 399 g/mol. The molecule has 0 radical (unpaired) electrons. The maximum atomic E-state index is 12.9. The SMILES string of the molecule is COc1ccc(C=CC(=O)N(Cc2ccc(C)cc2)C2CCS(=O)(=O)C2)cc1. The highest BCUT2D eigenvalue weighted by Crippen LogP contribution is 2.21. The summed E-state index contributed by atoms with van der Waals surface area (Å²) in [7, 11) is -1.48. The highest BCUT2D eigenvalue weighted by Gasteiger charge is 2.34. The standard InChI is InChI=1S/C22H25NO4S/c1-17-3-5-19(6-4-17)15-23(20-13-14-28(25,26)16-20)22(24)12-9-18-7-10-21(27-2)11-8-18/h3-12,20H,13-16H2,1-2H3. The van der Waals surface area contributed by atoms with Crippen molar-refractivity contribution in [2.75, 3.05) is 18.6 Å². The number of benzene rings is 2. The van der Waals surface area contributed by atoms with Crippen molar-refractivity contribution in [1.82, 2.24) is 4.90 Å². The average molecular weight is 400 g/mol. The molecule has 2 aromatic rings. The Bertz CT molecular complexity index is 947. The predicted molar refractivity (Wildman–Crippen MR) is 111 cm³/mol. The number of amides is 1. The van der Waals surface area contributed by atoms with Crippen molar-refractivity contribution >= 4 is 21.8 Å². The van der Waals surface area contributed by atoms with Crippen LogP contribution >= 0.6 is 0 Å². The van der Waals surface area contributed by atoms with Crippen molar-refractivity contribution in [2.24, 2.45) is 0 Å². The summed E-state index contributed by atoms with van der Waals surface area (Å²) in [5, 5.41) is 0. The van der Waals surface area contributed by atoms with E-state index in [4.69, 9.17) is 4.74 Å². The number of rotatable bonds is 6. The molecule has 1 amide bonds. The van der Waals surface area contributed by atoms with Gasteiger partial charge in [-0.3, -0.25) is 4.79 Å². The summed E-state index contributed by atoms with van der Waals surface area (Å²) in [5.41, 5.74) is 3.01. The zero-order valence-electron chi connectivity index (χ0n) is 16.2. The van der Waals surface area contributed by atoms with Gasteiger partial charge in [0, 0.05) is 18.7 Å². The van der Waals surface area contributed by atoms with Crippen molar-refractivity contribution < 1.29 is 17.9 Å². The Morgan fingerprint density at radius 1 is 1.14 bits per heavy atom. The van der Waals surface area contributed by atoms with E-state index in [0.29, 0.717) is 13.0 Å². The highest BCUT2D eigenvalue weighted by atomic mass is 32.2. The van der Waals surface area contributed by atoms with E-state index in [9.17, 15) is 13.2 Å². The first-order valence-electron chi connectivity index (χ1n) is 9.25. The van der Waals surface area contributed by atoms with Crippen molar-refractivity contribution in [3.8, 4) is 5.75 Å². The first-order chi connectivity index (χ1) is 13.4. The minimum absolute atomic E-state index is 0.0287. The summed E-state index contributed by atoms with van der Waals surface area (Å²) >= 11 is 0. The van der Waals surface area contributed by atoms with Crippen LogP contribution < -0.4 is 4.74 Å². The zero-order chi connectivity index (χ0) is 20.1. The second-order valence-corrected chi connectivity index (χ2v) is 9.34. The van der Waals surface area contributed by atoms with Gasteiger partial charge in [-0.05, 0) is 42.7 Å². The van der Waals surface area contributed by atoms with Crippen LogP contribution in [0.5, 0.6) is 5.75 Å². The third kappa shape index (κ3) is 5.23. The number of methoxy groups -OCH3 is 1. The van der Waals surface area contributed by atoms with Gasteiger partial charge in [0.2, 0.25) is 5.91 Å². The Balaban J connectivity index is 1.79. The van der Waals surface area contributed by atoms with E-state index in [-0.39, 0.29) is 23.5 Å². The number of hydrogen-bond donors (Lipinski definition) is 0. The summed E-state index contributed by atoms with van der Waals surface area (Å²) in [6, 6.07) is 15.1. The summed E-state index contributed by atoms with van der Waals surface area (Å²) in [6.45, 7) is 2.40. The zero-order valence-corrected chi connectivity index (χ0v) is 17.0. The third-order valence-electron chi connectivity index (χ3n) is 4.94. The van der Waals surface area contributed by atoms with E-state index in [1.807, 2.05) is 55.5 Å². The molecule has 0 aliphatic carbocycles. The van der Waals surface area contributed by atoms with Gasteiger partial charge in [0.05, 0.1) is 18.6 Å². The van der Waals surface area contributed by atoms with Crippen LogP contribution in [0.15, 0.2) is 54.6 Å². The Hall–Kier alpha value is -2.60. The molecule has 2 aromatic carbocycles. The molecule has 1 heterocycles. The van der Waals surface area contributed by atoms with Crippen LogP contribution in [-0.4, -0.2) is 43.9 Å². The summed E-state index contributed by atoms with van der Waals surface area (Å²) in [5.74, 6) is 0.734. The van der Waals surface area contributed by atoms with E-state index in [0.717, 1.165) is 22.4 Å². The molecule has 1 atom stereocenters. The van der Waals surface area contributed by atoms with E-state index in [2.05, 4.69) is 0 Å². The van der Waals surface area contributed by atoms with E-state index >= 15 is 0 Å². The molecule has 1 fully saturated rings. The van der Waals surface area contributed by atoms with Gasteiger partial charge in [0.1, 0.15) is 5.75 Å². The van der Waals surface area contributed by atoms with Gasteiger partial charge in [-0.25, -0.2) is 8.42 Å². The quantitative estimate of drug-likeness (QED) is 0.700. The number of carbonyl (C=O) groups excluding carboxylic acids is 1. The Morgan fingerprint density at radius 3 is 2.39 bits per heavy atom. The topological polar surface area (TPSA) is 63.7 Å². The normalized spacial score (nSPS) is 18.3. The first kappa shape index (κ1) is 20.1. The van der Waals surface area contributed by atoms with Crippen LogP contribution in [-0.2, 0) is 21.2 Å². The third-order valence-corrected chi connectivity index (χ3v) is 6.69. The molecule has 0 N–H and O–H groups in total. The smallest absolute Gasteiger partial charge is 0.247 e. The van der Waals surface area contributed by atoms with Gasteiger partial charge < -0.3 is 9.64 Å². The van der Waals surface area contributed by atoms with Gasteiger partial charge in [0.25, 0.3) is 0 Å². The van der Waals surface area contributed by atoms with Crippen LogP contribution in [0.4, 0.5) is 0 Å². The lowest BCUT2D eigenvalue weighted by molar-refractivity contribution is -0.128. The van der Waals surface area contributed by atoms with Crippen LogP contribution in [0.2, 0.25) is 0 Å². The second-order valence-electron chi connectivity index (χ2n) is 7.12. The molecular weight excluding hydrogens is 374 g/mol. The van der Waals surface area contributed by atoms with Gasteiger partial charge in [-0.1, -0.05) is 42.0 Å². The molecule has 0 aromatic heterocycles. The van der Waals surface area contributed by atoms with E-state index in [1.54, 1.807) is 18.1 Å². The summed E-state index contributed by atoms with van der Waals surface area (Å²) < 4.78 is 29.0. The number of sulfone groups is 1. The molecular formula is C22H25NO4S. The van der Waals surface area contributed by atoms with E-state index in [1.165, 1.54) is 6.08 Å². The minimum atomic E-state index is -3.08. The molecule has 1 aliphatic rings. The molecule has 0 bridgehead atoms. The molecule has 0 spiro atoms. The first-order valence-corrected chi connectivity index (χ1v) is 11.1. The van der Waals surface area contributed by atoms with E-state index < -0.39 is 9.84 Å². The van der Waals surface area contributed by atoms with Crippen molar-refractivity contribution in [2.45, 2.75) is 25.9 Å². The average Bonchev–Trinajstić information content (AvgIpc) is 3.05. The molecule has 1 unspecified atom stereocenters. The molecule has 1 saturated heterocycles. The fourth-order valence-electron chi connectivity index (χ4n) is 3.28. The van der Waals surface area contributed by atoms with Crippen molar-refractivity contribution in [3.63, 3.8) is 0 Å². The molecule has 28 heavy (non-hydrogen) atoms. The molecule has 3 rings (SSSR count). The number of carbonyl (C=O) groups is 1. The fourth-order valence-corrected chi connectivity index (χ4v) is 5.01.